The molecule has 6 heteroatoms. The first-order valence-corrected chi connectivity index (χ1v) is 9.61. The molecular weight excluding hydrogens is 334 g/mol. The number of piperidine rings is 1. The highest BCUT2D eigenvalue weighted by Gasteiger charge is 2.42. The molecule has 0 spiro atoms. The van der Waals surface area contributed by atoms with E-state index in [-0.39, 0.29) is 5.91 Å². The van der Waals surface area contributed by atoms with Crippen molar-refractivity contribution in [3.05, 3.63) is 45.9 Å². The molecule has 0 radical (unpaired) electrons. The topological polar surface area (TPSA) is 63.2 Å². The maximum atomic E-state index is 13.0. The Labute approximate surface area is 152 Å². The summed E-state index contributed by atoms with van der Waals surface area (Å²) in [5, 5.41) is 8.49. The molecule has 25 heavy (non-hydrogen) atoms. The van der Waals surface area contributed by atoms with Gasteiger partial charge in [-0.1, -0.05) is 0 Å². The van der Waals surface area contributed by atoms with Crippen LogP contribution in [-0.2, 0) is 11.2 Å². The summed E-state index contributed by atoms with van der Waals surface area (Å²) < 4.78 is 6.24. The van der Waals surface area contributed by atoms with Crippen LogP contribution in [0.1, 0.15) is 29.0 Å². The van der Waals surface area contributed by atoms with Crippen molar-refractivity contribution in [3.63, 3.8) is 0 Å². The zero-order valence-corrected chi connectivity index (χ0v) is 15.6. The molecule has 1 aliphatic heterocycles. The first-order valence-electron chi connectivity index (χ1n) is 8.73. The van der Waals surface area contributed by atoms with Crippen molar-refractivity contribution in [2.24, 2.45) is 0 Å². The maximum absolute atomic E-state index is 13.0. The highest BCUT2D eigenvalue weighted by molar-refractivity contribution is 7.10. The van der Waals surface area contributed by atoms with Crippen LogP contribution in [0.3, 0.4) is 0 Å². The molecule has 5 nitrogen and oxygen atoms in total. The number of hydrogen-bond acceptors (Lipinski definition) is 5. The number of aromatic nitrogens is 1. The molecule has 3 heterocycles. The molecule has 1 aliphatic rings. The normalized spacial score (nSPS) is 16.4. The molecule has 0 aliphatic carbocycles. The number of nitrogens with one attached hydrogen (secondary N) is 2. The lowest BCUT2D eigenvalue weighted by atomic mass is 9.90. The summed E-state index contributed by atoms with van der Waals surface area (Å²) in [6.07, 6.45) is 3.91. The number of nitrogens with zero attached hydrogens (tertiary/aromatic N) is 1. The summed E-state index contributed by atoms with van der Waals surface area (Å²) in [5.74, 6) is 0.667. The number of pyridine rings is 1. The molecule has 0 aromatic carbocycles. The average molecular weight is 359 g/mol. The van der Waals surface area contributed by atoms with Crippen molar-refractivity contribution in [1.29, 1.82) is 0 Å². The quantitative estimate of drug-likeness (QED) is 0.832. The molecule has 3 rings (SSSR count). The minimum Gasteiger partial charge on any atom is -0.475 e. The first-order chi connectivity index (χ1) is 12.1. The molecule has 2 aromatic heterocycles. The zero-order chi connectivity index (χ0) is 17.7. The van der Waals surface area contributed by atoms with Crippen molar-refractivity contribution >= 4 is 17.2 Å². The van der Waals surface area contributed by atoms with E-state index >= 15 is 0 Å². The fraction of sp³-hybridized carbons (Fsp3) is 0.474. The monoisotopic (exact) mass is 359 g/mol. The Kier molecular flexibility index (Phi) is 5.71. The Hall–Kier alpha value is -1.92. The molecular formula is C19H25N3O2S. The SMILES string of the molecule is Cc1ccsc1CCNC(=O)C1(Oc2cccnc2C)CCNCC1. The van der Waals surface area contributed by atoms with Crippen molar-refractivity contribution in [1.82, 2.24) is 15.6 Å². The molecule has 0 bridgehead atoms. The predicted octanol–water partition coefficient (Wildman–Crippen LogP) is 2.62. The second kappa shape index (κ2) is 7.97. The number of thiophene rings is 1. The lowest BCUT2D eigenvalue weighted by Gasteiger charge is -2.36. The second-order valence-corrected chi connectivity index (χ2v) is 7.47. The Morgan fingerprint density at radius 2 is 2.16 bits per heavy atom. The molecule has 2 N–H and O–H groups in total. The van der Waals surface area contributed by atoms with E-state index in [0.29, 0.717) is 25.1 Å². The number of rotatable bonds is 6. The predicted molar refractivity (Wildman–Crippen MR) is 100 cm³/mol. The van der Waals surface area contributed by atoms with Crippen LogP contribution in [0.25, 0.3) is 0 Å². The largest absolute Gasteiger partial charge is 0.475 e. The first kappa shape index (κ1) is 17.9. The van der Waals surface area contributed by atoms with E-state index in [9.17, 15) is 4.79 Å². The van der Waals surface area contributed by atoms with E-state index in [1.807, 2.05) is 19.1 Å². The molecule has 0 atom stereocenters. The van der Waals surface area contributed by atoms with Gasteiger partial charge < -0.3 is 15.4 Å². The van der Waals surface area contributed by atoms with Crippen LogP contribution in [0.15, 0.2) is 29.8 Å². The van der Waals surface area contributed by atoms with E-state index in [0.717, 1.165) is 25.2 Å². The van der Waals surface area contributed by atoms with Crippen LogP contribution in [0.5, 0.6) is 5.75 Å². The van der Waals surface area contributed by atoms with Crippen LogP contribution >= 0.6 is 11.3 Å². The van der Waals surface area contributed by atoms with Crippen LogP contribution in [0, 0.1) is 13.8 Å². The smallest absolute Gasteiger partial charge is 0.264 e. The van der Waals surface area contributed by atoms with Gasteiger partial charge in [0, 0.05) is 30.5 Å². The Balaban J connectivity index is 1.68. The Morgan fingerprint density at radius 1 is 1.36 bits per heavy atom. The summed E-state index contributed by atoms with van der Waals surface area (Å²) in [4.78, 5) is 18.6. The number of hydrogen-bond donors (Lipinski definition) is 2. The summed E-state index contributed by atoms with van der Waals surface area (Å²) in [6.45, 7) is 6.19. The van der Waals surface area contributed by atoms with E-state index in [1.54, 1.807) is 17.5 Å². The van der Waals surface area contributed by atoms with Gasteiger partial charge in [0.1, 0.15) is 5.75 Å². The lowest BCUT2D eigenvalue weighted by Crippen LogP contribution is -2.57. The molecule has 1 amide bonds. The van der Waals surface area contributed by atoms with E-state index < -0.39 is 5.60 Å². The van der Waals surface area contributed by atoms with Gasteiger partial charge in [-0.05, 0) is 62.5 Å². The minimum absolute atomic E-state index is 0.0218. The maximum Gasteiger partial charge on any atom is 0.264 e. The van der Waals surface area contributed by atoms with Crippen molar-refractivity contribution < 1.29 is 9.53 Å². The van der Waals surface area contributed by atoms with Crippen molar-refractivity contribution in [2.75, 3.05) is 19.6 Å². The van der Waals surface area contributed by atoms with Crippen LogP contribution in [0.2, 0.25) is 0 Å². The van der Waals surface area contributed by atoms with Gasteiger partial charge >= 0.3 is 0 Å². The summed E-state index contributed by atoms with van der Waals surface area (Å²) in [6, 6.07) is 5.84. The molecule has 134 valence electrons. The summed E-state index contributed by atoms with van der Waals surface area (Å²) in [7, 11) is 0. The number of carbonyl (C=O) groups is 1. The number of amides is 1. The third kappa shape index (κ3) is 4.19. The molecule has 1 fully saturated rings. The fourth-order valence-corrected chi connectivity index (χ4v) is 4.02. The Morgan fingerprint density at radius 3 is 2.84 bits per heavy atom. The van der Waals surface area contributed by atoms with Gasteiger partial charge in [0.2, 0.25) is 0 Å². The van der Waals surface area contributed by atoms with Gasteiger partial charge in [-0.3, -0.25) is 9.78 Å². The van der Waals surface area contributed by atoms with Crippen LogP contribution < -0.4 is 15.4 Å². The number of carbonyl (C=O) groups excluding carboxylic acids is 1. The van der Waals surface area contributed by atoms with Gasteiger partial charge in [-0.2, -0.15) is 0 Å². The second-order valence-electron chi connectivity index (χ2n) is 6.47. The Bertz CT molecular complexity index is 723. The van der Waals surface area contributed by atoms with Gasteiger partial charge in [-0.15, -0.1) is 11.3 Å². The molecule has 1 saturated heterocycles. The van der Waals surface area contributed by atoms with E-state index in [4.69, 9.17) is 4.74 Å². The summed E-state index contributed by atoms with van der Waals surface area (Å²) >= 11 is 1.74. The fourth-order valence-electron chi connectivity index (χ4n) is 3.10. The van der Waals surface area contributed by atoms with Crippen LogP contribution in [-0.4, -0.2) is 36.1 Å². The van der Waals surface area contributed by atoms with E-state index in [1.165, 1.54) is 10.4 Å². The van der Waals surface area contributed by atoms with Crippen molar-refractivity contribution in [2.45, 2.75) is 38.7 Å². The molecule has 2 aromatic rings. The highest BCUT2D eigenvalue weighted by Crippen LogP contribution is 2.28. The van der Waals surface area contributed by atoms with Gasteiger partial charge in [0.05, 0.1) is 5.69 Å². The van der Waals surface area contributed by atoms with Crippen molar-refractivity contribution in [3.8, 4) is 5.75 Å². The van der Waals surface area contributed by atoms with Gasteiger partial charge in [0.25, 0.3) is 5.91 Å². The zero-order valence-electron chi connectivity index (χ0n) is 14.8. The molecule has 0 unspecified atom stereocenters. The molecule has 0 saturated carbocycles. The average Bonchev–Trinajstić information content (AvgIpc) is 3.03. The minimum atomic E-state index is -0.816. The number of ether oxygens (including phenoxy) is 1. The third-order valence-electron chi connectivity index (χ3n) is 4.69. The van der Waals surface area contributed by atoms with E-state index in [2.05, 4.69) is 34.0 Å². The van der Waals surface area contributed by atoms with Gasteiger partial charge in [0.15, 0.2) is 5.60 Å². The standard InChI is InChI=1S/C19H25N3O2S/c1-14-6-13-25-17(14)5-10-22-18(23)19(7-11-20-12-8-19)24-16-4-3-9-21-15(16)2/h3-4,6,9,13,20H,5,7-8,10-12H2,1-2H3,(H,22,23). The lowest BCUT2D eigenvalue weighted by molar-refractivity contribution is -0.139. The number of aryl methyl sites for hydroxylation is 2. The van der Waals surface area contributed by atoms with Gasteiger partial charge in [-0.25, -0.2) is 0 Å². The third-order valence-corrected chi connectivity index (χ3v) is 5.78. The summed E-state index contributed by atoms with van der Waals surface area (Å²) in [5.41, 5.74) is 1.28. The van der Waals surface area contributed by atoms with Crippen LogP contribution in [0.4, 0.5) is 0 Å². The highest BCUT2D eigenvalue weighted by atomic mass is 32.1.